The normalized spacial score (nSPS) is 9.64. The predicted octanol–water partition coefficient (Wildman–Crippen LogP) is 2.22. The fourth-order valence-corrected chi connectivity index (χ4v) is 1.11. The largest absolute Gasteiger partial charge is 0.504 e. The molecule has 1 rings (SSSR count). The van der Waals surface area contributed by atoms with Crippen molar-refractivity contribution in [3.05, 3.63) is 22.7 Å². The van der Waals surface area contributed by atoms with Crippen molar-refractivity contribution >= 4 is 22.0 Å². The molecule has 0 fully saturated rings. The Balaban J connectivity index is 2.82. The molecule has 4 nitrogen and oxygen atoms in total. The first-order valence-corrected chi connectivity index (χ1v) is 4.67. The Hall–Kier alpha value is -1.23. The lowest BCUT2D eigenvalue weighted by Crippen LogP contribution is -2.25. The maximum atomic E-state index is 11.1. The minimum atomic E-state index is -0.525. The molecule has 76 valence electrons. The number of phenols is 1. The van der Waals surface area contributed by atoms with E-state index in [2.05, 4.69) is 15.9 Å². The molecule has 0 spiro atoms. The van der Waals surface area contributed by atoms with E-state index in [1.165, 1.54) is 17.0 Å². The summed E-state index contributed by atoms with van der Waals surface area (Å²) in [4.78, 5) is 12.4. The molecule has 0 saturated heterocycles. The number of ether oxygens (including phenoxy) is 1. The van der Waals surface area contributed by atoms with Gasteiger partial charge in [0.15, 0.2) is 11.5 Å². The maximum absolute atomic E-state index is 11.1. The van der Waals surface area contributed by atoms with Crippen LogP contribution in [0, 0.1) is 0 Å². The Morgan fingerprint density at radius 2 is 2.14 bits per heavy atom. The molecule has 14 heavy (non-hydrogen) atoms. The van der Waals surface area contributed by atoms with Crippen LogP contribution in [0.5, 0.6) is 11.5 Å². The highest BCUT2D eigenvalue weighted by atomic mass is 79.9. The average Bonchev–Trinajstić information content (AvgIpc) is 2.09. The fraction of sp³-hybridized carbons (Fsp3) is 0.222. The van der Waals surface area contributed by atoms with E-state index in [9.17, 15) is 9.90 Å². The molecule has 0 heterocycles. The standard InChI is InChI=1S/C9H10BrNO3/c1-11(2)9(13)14-8-4-3-6(10)5-7(8)12/h3-5,12H,1-2H3. The molecule has 0 atom stereocenters. The second-order valence-corrected chi connectivity index (χ2v) is 3.79. The summed E-state index contributed by atoms with van der Waals surface area (Å²) in [5.74, 6) is 0.0708. The lowest BCUT2D eigenvalue weighted by Gasteiger charge is -2.11. The second-order valence-electron chi connectivity index (χ2n) is 2.87. The van der Waals surface area contributed by atoms with Gasteiger partial charge in [-0.3, -0.25) is 0 Å². The molecule has 1 amide bonds. The van der Waals surface area contributed by atoms with Crippen LogP contribution < -0.4 is 4.74 Å². The Labute approximate surface area is 90.2 Å². The van der Waals surface area contributed by atoms with Crippen LogP contribution in [-0.2, 0) is 0 Å². The third-order valence-electron chi connectivity index (χ3n) is 1.48. The zero-order valence-electron chi connectivity index (χ0n) is 7.82. The number of carbonyl (C=O) groups excluding carboxylic acids is 1. The summed E-state index contributed by atoms with van der Waals surface area (Å²) in [6.45, 7) is 0. The van der Waals surface area contributed by atoms with Gasteiger partial charge < -0.3 is 14.7 Å². The summed E-state index contributed by atoms with van der Waals surface area (Å²) in [5, 5.41) is 9.40. The van der Waals surface area contributed by atoms with Crippen molar-refractivity contribution in [1.29, 1.82) is 0 Å². The van der Waals surface area contributed by atoms with E-state index in [4.69, 9.17) is 4.74 Å². The number of carbonyl (C=O) groups is 1. The fourth-order valence-electron chi connectivity index (χ4n) is 0.762. The lowest BCUT2D eigenvalue weighted by molar-refractivity contribution is 0.170. The van der Waals surface area contributed by atoms with E-state index in [0.717, 1.165) is 4.47 Å². The van der Waals surface area contributed by atoms with Gasteiger partial charge in [-0.2, -0.15) is 0 Å². The Kier molecular flexibility index (Phi) is 3.35. The van der Waals surface area contributed by atoms with Gasteiger partial charge in [-0.1, -0.05) is 15.9 Å². The first-order valence-electron chi connectivity index (χ1n) is 3.88. The number of benzene rings is 1. The molecule has 1 N–H and O–H groups in total. The van der Waals surface area contributed by atoms with Crippen molar-refractivity contribution < 1.29 is 14.6 Å². The monoisotopic (exact) mass is 259 g/mol. The van der Waals surface area contributed by atoms with Crippen LogP contribution in [0.25, 0.3) is 0 Å². The molecule has 1 aromatic rings. The van der Waals surface area contributed by atoms with Gasteiger partial charge in [0.2, 0.25) is 0 Å². The van der Waals surface area contributed by atoms with Crippen molar-refractivity contribution in [3.63, 3.8) is 0 Å². The zero-order chi connectivity index (χ0) is 10.7. The minimum Gasteiger partial charge on any atom is -0.504 e. The molecule has 0 aliphatic heterocycles. The molecular formula is C9H10BrNO3. The van der Waals surface area contributed by atoms with E-state index in [1.807, 2.05) is 0 Å². The van der Waals surface area contributed by atoms with E-state index in [0.29, 0.717) is 0 Å². The van der Waals surface area contributed by atoms with Crippen LogP contribution in [0.3, 0.4) is 0 Å². The zero-order valence-corrected chi connectivity index (χ0v) is 9.41. The third-order valence-corrected chi connectivity index (χ3v) is 1.98. The number of hydrogen-bond donors (Lipinski definition) is 1. The van der Waals surface area contributed by atoms with Gasteiger partial charge in [-0.25, -0.2) is 4.79 Å². The number of hydrogen-bond acceptors (Lipinski definition) is 3. The van der Waals surface area contributed by atoms with Gasteiger partial charge in [0, 0.05) is 18.6 Å². The summed E-state index contributed by atoms with van der Waals surface area (Å²) in [7, 11) is 3.14. The van der Waals surface area contributed by atoms with Crippen LogP contribution in [0.2, 0.25) is 0 Å². The number of amides is 1. The van der Waals surface area contributed by atoms with Crippen molar-refractivity contribution in [2.45, 2.75) is 0 Å². The summed E-state index contributed by atoms with van der Waals surface area (Å²) in [6, 6.07) is 4.65. The average molecular weight is 260 g/mol. The molecule has 5 heteroatoms. The first kappa shape index (κ1) is 10.8. The van der Waals surface area contributed by atoms with Crippen LogP contribution >= 0.6 is 15.9 Å². The summed E-state index contributed by atoms with van der Waals surface area (Å²) >= 11 is 3.18. The molecule has 0 saturated carbocycles. The van der Waals surface area contributed by atoms with Crippen LogP contribution in [-0.4, -0.2) is 30.2 Å². The van der Waals surface area contributed by atoms with Gasteiger partial charge in [0.1, 0.15) is 0 Å². The Bertz CT molecular complexity index is 352. The van der Waals surface area contributed by atoms with Gasteiger partial charge in [-0.15, -0.1) is 0 Å². The van der Waals surface area contributed by atoms with E-state index < -0.39 is 6.09 Å². The minimum absolute atomic E-state index is 0.0745. The summed E-state index contributed by atoms with van der Waals surface area (Å²) in [5.41, 5.74) is 0. The summed E-state index contributed by atoms with van der Waals surface area (Å²) < 4.78 is 5.60. The van der Waals surface area contributed by atoms with Gasteiger partial charge in [0.05, 0.1) is 0 Å². The second kappa shape index (κ2) is 4.32. The van der Waals surface area contributed by atoms with Crippen molar-refractivity contribution in [2.24, 2.45) is 0 Å². The highest BCUT2D eigenvalue weighted by molar-refractivity contribution is 9.10. The first-order chi connectivity index (χ1) is 6.50. The number of rotatable bonds is 1. The third kappa shape index (κ3) is 2.63. The molecule has 1 aromatic carbocycles. The topological polar surface area (TPSA) is 49.8 Å². The highest BCUT2D eigenvalue weighted by Gasteiger charge is 2.10. The van der Waals surface area contributed by atoms with Gasteiger partial charge >= 0.3 is 6.09 Å². The van der Waals surface area contributed by atoms with Crippen LogP contribution in [0.4, 0.5) is 4.79 Å². The number of halogens is 1. The summed E-state index contributed by atoms with van der Waals surface area (Å²) in [6.07, 6.45) is -0.525. The molecule has 0 radical (unpaired) electrons. The lowest BCUT2D eigenvalue weighted by atomic mass is 10.3. The quantitative estimate of drug-likeness (QED) is 0.842. The Morgan fingerprint density at radius 3 is 2.64 bits per heavy atom. The van der Waals surface area contributed by atoms with Crippen molar-refractivity contribution in [2.75, 3.05) is 14.1 Å². The van der Waals surface area contributed by atoms with Gasteiger partial charge in [0.25, 0.3) is 0 Å². The molecule has 0 aliphatic rings. The van der Waals surface area contributed by atoms with E-state index >= 15 is 0 Å². The van der Waals surface area contributed by atoms with Crippen LogP contribution in [0.1, 0.15) is 0 Å². The SMILES string of the molecule is CN(C)C(=O)Oc1ccc(Br)cc1O. The molecule has 0 bridgehead atoms. The Morgan fingerprint density at radius 1 is 1.50 bits per heavy atom. The van der Waals surface area contributed by atoms with Gasteiger partial charge in [-0.05, 0) is 18.2 Å². The molecular weight excluding hydrogens is 250 g/mol. The maximum Gasteiger partial charge on any atom is 0.414 e. The molecule has 0 aliphatic carbocycles. The molecule has 0 aromatic heterocycles. The van der Waals surface area contributed by atoms with Crippen molar-refractivity contribution in [1.82, 2.24) is 4.90 Å². The predicted molar refractivity (Wildman–Crippen MR) is 55.5 cm³/mol. The number of aromatic hydroxyl groups is 1. The van der Waals surface area contributed by atoms with Crippen molar-refractivity contribution in [3.8, 4) is 11.5 Å². The van der Waals surface area contributed by atoms with Crippen LogP contribution in [0.15, 0.2) is 22.7 Å². The number of phenolic OH excluding ortho intramolecular Hbond substituents is 1. The number of nitrogens with zero attached hydrogens (tertiary/aromatic N) is 1. The van der Waals surface area contributed by atoms with E-state index in [1.54, 1.807) is 20.2 Å². The highest BCUT2D eigenvalue weighted by Crippen LogP contribution is 2.29. The smallest absolute Gasteiger partial charge is 0.414 e. The van der Waals surface area contributed by atoms with E-state index in [-0.39, 0.29) is 11.5 Å². The molecule has 0 unspecified atom stereocenters.